The Morgan fingerprint density at radius 3 is 2.67 bits per heavy atom. The second kappa shape index (κ2) is 6.00. The van der Waals surface area contributed by atoms with Crippen LogP contribution in [0.15, 0.2) is 67.3 Å². The van der Waals surface area contributed by atoms with E-state index in [1.54, 1.807) is 30.7 Å². The van der Waals surface area contributed by atoms with Crippen molar-refractivity contribution < 1.29 is 4.79 Å². The highest BCUT2D eigenvalue weighted by Gasteiger charge is 2.13. The molecular formula is C16H14N4O. The van der Waals surface area contributed by atoms with Gasteiger partial charge in [0.05, 0.1) is 5.69 Å². The summed E-state index contributed by atoms with van der Waals surface area (Å²) in [5.74, 6) is -0.144. The molecule has 0 aromatic carbocycles. The molecule has 1 aliphatic rings. The van der Waals surface area contributed by atoms with Crippen molar-refractivity contribution in [3.8, 4) is 0 Å². The van der Waals surface area contributed by atoms with E-state index in [0.29, 0.717) is 5.56 Å². The van der Waals surface area contributed by atoms with Gasteiger partial charge in [0.1, 0.15) is 6.17 Å². The number of nitrogens with one attached hydrogen (secondary N) is 2. The molecule has 2 N–H and O–H groups in total. The predicted molar refractivity (Wildman–Crippen MR) is 80.0 cm³/mol. The Kier molecular flexibility index (Phi) is 3.73. The average molecular weight is 278 g/mol. The highest BCUT2D eigenvalue weighted by Crippen LogP contribution is 2.14. The van der Waals surface area contributed by atoms with Crippen LogP contribution < -0.4 is 10.6 Å². The molecule has 104 valence electrons. The molecule has 0 saturated carbocycles. The number of carbonyl (C=O) groups excluding carboxylic acids is 1. The van der Waals surface area contributed by atoms with Gasteiger partial charge in [0, 0.05) is 35.9 Å². The van der Waals surface area contributed by atoms with Crippen LogP contribution in [0.3, 0.4) is 0 Å². The molecule has 21 heavy (non-hydrogen) atoms. The van der Waals surface area contributed by atoms with Gasteiger partial charge in [-0.15, -0.1) is 0 Å². The molecule has 1 atom stereocenters. The number of nitrogens with zero attached hydrogens (tertiary/aromatic N) is 2. The Hall–Kier alpha value is -2.95. The standard InChI is InChI=1S/C16H14N4O/c21-16(12-6-9-17-10-7-12)20-15-5-4-13(11-19-15)14-3-1-2-8-18-14/h1-11,15,19H,(H,20,21). The first-order chi connectivity index (χ1) is 10.3. The third-order valence-corrected chi connectivity index (χ3v) is 3.08. The van der Waals surface area contributed by atoms with Crippen molar-refractivity contribution in [2.45, 2.75) is 6.17 Å². The van der Waals surface area contributed by atoms with Crippen LogP contribution in [0, 0.1) is 0 Å². The van der Waals surface area contributed by atoms with Crippen molar-refractivity contribution in [1.82, 2.24) is 20.6 Å². The average Bonchev–Trinajstić information content (AvgIpc) is 2.57. The molecule has 0 fully saturated rings. The first kappa shape index (κ1) is 13.1. The molecule has 3 rings (SSSR count). The zero-order valence-electron chi connectivity index (χ0n) is 11.2. The number of pyridine rings is 2. The first-order valence-electron chi connectivity index (χ1n) is 6.60. The first-order valence-corrected chi connectivity index (χ1v) is 6.60. The van der Waals surface area contributed by atoms with Crippen LogP contribution in [0.5, 0.6) is 0 Å². The fourth-order valence-electron chi connectivity index (χ4n) is 1.99. The third-order valence-electron chi connectivity index (χ3n) is 3.08. The fraction of sp³-hybridized carbons (Fsp3) is 0.0625. The zero-order chi connectivity index (χ0) is 14.5. The summed E-state index contributed by atoms with van der Waals surface area (Å²) in [7, 11) is 0. The highest BCUT2D eigenvalue weighted by molar-refractivity contribution is 5.94. The zero-order valence-corrected chi connectivity index (χ0v) is 11.2. The Balaban J connectivity index is 1.63. The normalized spacial score (nSPS) is 16.8. The van der Waals surface area contributed by atoms with Crippen LogP contribution in [0.4, 0.5) is 0 Å². The van der Waals surface area contributed by atoms with E-state index < -0.39 is 0 Å². The number of carbonyl (C=O) groups is 1. The molecule has 2 aromatic rings. The van der Waals surface area contributed by atoms with E-state index in [0.717, 1.165) is 11.3 Å². The quantitative estimate of drug-likeness (QED) is 0.897. The molecule has 0 radical (unpaired) electrons. The highest BCUT2D eigenvalue weighted by atomic mass is 16.1. The Labute approximate surface area is 122 Å². The van der Waals surface area contributed by atoms with Gasteiger partial charge < -0.3 is 10.6 Å². The summed E-state index contributed by atoms with van der Waals surface area (Å²) in [5.41, 5.74) is 2.45. The maximum absolute atomic E-state index is 12.0. The molecule has 5 heteroatoms. The number of dihydropyridines is 1. The Morgan fingerprint density at radius 1 is 1.14 bits per heavy atom. The van der Waals surface area contributed by atoms with Crippen LogP contribution in [-0.4, -0.2) is 22.0 Å². The van der Waals surface area contributed by atoms with Crippen LogP contribution in [0.2, 0.25) is 0 Å². The number of hydrogen-bond donors (Lipinski definition) is 2. The van der Waals surface area contributed by atoms with Crippen molar-refractivity contribution in [3.05, 3.63) is 78.5 Å². The summed E-state index contributed by atoms with van der Waals surface area (Å²) in [6.07, 6.45) is 10.4. The molecule has 0 saturated heterocycles. The molecule has 5 nitrogen and oxygen atoms in total. The largest absolute Gasteiger partial charge is 0.367 e. The van der Waals surface area contributed by atoms with E-state index in [1.165, 1.54) is 0 Å². The van der Waals surface area contributed by atoms with Crippen LogP contribution >= 0.6 is 0 Å². The number of hydrogen-bond acceptors (Lipinski definition) is 4. The maximum atomic E-state index is 12.0. The lowest BCUT2D eigenvalue weighted by Gasteiger charge is -2.19. The molecule has 0 bridgehead atoms. The smallest absolute Gasteiger partial charge is 0.253 e. The lowest BCUT2D eigenvalue weighted by Crippen LogP contribution is -2.42. The molecular weight excluding hydrogens is 264 g/mol. The van der Waals surface area contributed by atoms with E-state index in [4.69, 9.17) is 0 Å². The minimum absolute atomic E-state index is 0.144. The summed E-state index contributed by atoms with van der Waals surface area (Å²) in [6, 6.07) is 9.11. The Morgan fingerprint density at radius 2 is 2.00 bits per heavy atom. The van der Waals surface area contributed by atoms with Gasteiger partial charge in [-0.1, -0.05) is 12.1 Å². The van der Waals surface area contributed by atoms with Gasteiger partial charge in [-0.05, 0) is 30.3 Å². The lowest BCUT2D eigenvalue weighted by atomic mass is 10.1. The van der Waals surface area contributed by atoms with Crippen LogP contribution in [0.25, 0.3) is 5.57 Å². The van der Waals surface area contributed by atoms with Gasteiger partial charge in [-0.3, -0.25) is 14.8 Å². The number of rotatable bonds is 3. The van der Waals surface area contributed by atoms with E-state index in [2.05, 4.69) is 20.6 Å². The van der Waals surface area contributed by atoms with Gasteiger partial charge in [0.15, 0.2) is 0 Å². The molecule has 0 aliphatic carbocycles. The van der Waals surface area contributed by atoms with Gasteiger partial charge in [0.25, 0.3) is 5.91 Å². The Bertz CT molecular complexity index is 680. The second-order valence-corrected chi connectivity index (χ2v) is 4.53. The third kappa shape index (κ3) is 3.14. The second-order valence-electron chi connectivity index (χ2n) is 4.53. The van der Waals surface area contributed by atoms with Crippen molar-refractivity contribution in [2.75, 3.05) is 0 Å². The molecule has 2 aromatic heterocycles. The molecule has 1 amide bonds. The van der Waals surface area contributed by atoms with Gasteiger partial charge in [-0.2, -0.15) is 0 Å². The monoisotopic (exact) mass is 278 g/mol. The molecule has 3 heterocycles. The van der Waals surface area contributed by atoms with Crippen LogP contribution in [-0.2, 0) is 0 Å². The number of aromatic nitrogens is 2. The minimum Gasteiger partial charge on any atom is -0.367 e. The predicted octanol–water partition coefficient (Wildman–Crippen LogP) is 1.73. The maximum Gasteiger partial charge on any atom is 0.253 e. The summed E-state index contributed by atoms with van der Waals surface area (Å²) >= 11 is 0. The van der Waals surface area contributed by atoms with Crippen molar-refractivity contribution in [1.29, 1.82) is 0 Å². The summed E-state index contributed by atoms with van der Waals surface area (Å²) in [6.45, 7) is 0. The van der Waals surface area contributed by atoms with Crippen LogP contribution in [0.1, 0.15) is 16.1 Å². The van der Waals surface area contributed by atoms with E-state index >= 15 is 0 Å². The van der Waals surface area contributed by atoms with Crippen molar-refractivity contribution in [3.63, 3.8) is 0 Å². The molecule has 0 spiro atoms. The summed E-state index contributed by atoms with van der Waals surface area (Å²) in [4.78, 5) is 20.2. The van der Waals surface area contributed by atoms with Crippen molar-refractivity contribution in [2.24, 2.45) is 0 Å². The fourth-order valence-corrected chi connectivity index (χ4v) is 1.99. The van der Waals surface area contributed by atoms with E-state index in [-0.39, 0.29) is 12.1 Å². The van der Waals surface area contributed by atoms with Crippen molar-refractivity contribution >= 4 is 11.5 Å². The lowest BCUT2D eigenvalue weighted by molar-refractivity contribution is 0.0941. The summed E-state index contributed by atoms with van der Waals surface area (Å²) in [5, 5.41) is 6.01. The van der Waals surface area contributed by atoms with Gasteiger partial charge in [-0.25, -0.2) is 0 Å². The van der Waals surface area contributed by atoms with Gasteiger partial charge >= 0.3 is 0 Å². The summed E-state index contributed by atoms with van der Waals surface area (Å²) < 4.78 is 0. The van der Waals surface area contributed by atoms with Gasteiger partial charge in [0.2, 0.25) is 0 Å². The van der Waals surface area contributed by atoms with E-state index in [9.17, 15) is 4.79 Å². The van der Waals surface area contributed by atoms with E-state index in [1.807, 2.05) is 36.6 Å². The number of allylic oxidation sites excluding steroid dienone is 2. The minimum atomic E-state index is -0.238. The SMILES string of the molecule is O=C(NC1C=CC(c2ccccn2)=CN1)c1ccncc1. The topological polar surface area (TPSA) is 66.9 Å². The molecule has 1 aliphatic heterocycles. The number of amides is 1. The molecule has 1 unspecified atom stereocenters.